The Kier molecular flexibility index (Phi) is 4.23. The number of carbonyl (C=O) groups is 1. The molecule has 0 unspecified atom stereocenters. The fourth-order valence-corrected chi connectivity index (χ4v) is 4.81. The zero-order valence-electron chi connectivity index (χ0n) is 18.2. The third kappa shape index (κ3) is 2.96. The molecule has 0 spiro atoms. The maximum atomic E-state index is 13.5. The van der Waals surface area contributed by atoms with Crippen LogP contribution in [0.3, 0.4) is 0 Å². The van der Waals surface area contributed by atoms with Crippen LogP contribution in [0.4, 0.5) is 5.82 Å². The van der Waals surface area contributed by atoms with E-state index in [0.29, 0.717) is 23.9 Å². The summed E-state index contributed by atoms with van der Waals surface area (Å²) in [5.74, 6) is 1.05. The van der Waals surface area contributed by atoms with Crippen LogP contribution in [-0.2, 0) is 4.74 Å². The standard InChI is InChI=1S/C25H25N5O2/c1-14-19-9-16(15-3-4-15)5-7-18(19)23(12-32-14)29(2)25(31)17-6-8-20-21(10-17)30-13-27-11-22(30)24(26)28-20/h5-11,13-15,23H,3-4,12H2,1-2H3,(H2,26,28)/t14-,23-/m1/s1. The third-order valence-electron chi connectivity index (χ3n) is 6.87. The maximum Gasteiger partial charge on any atom is 0.254 e. The molecule has 2 aliphatic rings. The monoisotopic (exact) mass is 427 g/mol. The van der Waals surface area contributed by atoms with Gasteiger partial charge in [-0.15, -0.1) is 0 Å². The fourth-order valence-electron chi connectivity index (χ4n) is 4.81. The molecule has 32 heavy (non-hydrogen) atoms. The minimum Gasteiger partial charge on any atom is -0.382 e. The molecule has 2 N–H and O–H groups in total. The van der Waals surface area contributed by atoms with Gasteiger partial charge < -0.3 is 15.4 Å². The van der Waals surface area contributed by atoms with Crippen LogP contribution in [0.2, 0.25) is 0 Å². The van der Waals surface area contributed by atoms with Crippen molar-refractivity contribution in [3.8, 4) is 0 Å². The van der Waals surface area contributed by atoms with E-state index >= 15 is 0 Å². The molecule has 1 aliphatic heterocycles. The molecule has 2 atom stereocenters. The van der Waals surface area contributed by atoms with Crippen molar-refractivity contribution >= 4 is 28.3 Å². The molecule has 162 valence electrons. The van der Waals surface area contributed by atoms with Gasteiger partial charge in [0.05, 0.1) is 42.3 Å². The van der Waals surface area contributed by atoms with Gasteiger partial charge in [-0.2, -0.15) is 0 Å². The van der Waals surface area contributed by atoms with Crippen molar-refractivity contribution in [1.82, 2.24) is 19.3 Å². The predicted octanol–water partition coefficient (Wildman–Crippen LogP) is 4.25. The average Bonchev–Trinajstić information content (AvgIpc) is 3.54. The van der Waals surface area contributed by atoms with E-state index in [1.165, 1.54) is 29.5 Å². The van der Waals surface area contributed by atoms with Gasteiger partial charge in [-0.1, -0.05) is 18.2 Å². The number of ether oxygens (including phenoxy) is 1. The summed E-state index contributed by atoms with van der Waals surface area (Å²) in [6.45, 7) is 2.57. The first-order valence-corrected chi connectivity index (χ1v) is 11.0. The number of anilines is 1. The van der Waals surface area contributed by atoms with E-state index in [2.05, 4.69) is 35.1 Å². The van der Waals surface area contributed by atoms with Gasteiger partial charge in [-0.05, 0) is 60.6 Å². The van der Waals surface area contributed by atoms with Crippen LogP contribution in [0.1, 0.15) is 64.9 Å². The molecule has 7 nitrogen and oxygen atoms in total. The first-order chi connectivity index (χ1) is 15.5. The normalized spacial score (nSPS) is 20.4. The smallest absolute Gasteiger partial charge is 0.254 e. The molecule has 1 fully saturated rings. The summed E-state index contributed by atoms with van der Waals surface area (Å²) in [5.41, 5.74) is 12.6. The maximum absolute atomic E-state index is 13.5. The van der Waals surface area contributed by atoms with Gasteiger partial charge in [0.2, 0.25) is 0 Å². The zero-order chi connectivity index (χ0) is 22.0. The van der Waals surface area contributed by atoms with Crippen molar-refractivity contribution < 1.29 is 9.53 Å². The fraction of sp³-hybridized carbons (Fsp3) is 0.320. The van der Waals surface area contributed by atoms with Gasteiger partial charge in [0, 0.05) is 12.6 Å². The molecule has 2 aromatic carbocycles. The number of likely N-dealkylation sites (N-methyl/N-ethyl adjacent to an activating group) is 1. The van der Waals surface area contributed by atoms with Gasteiger partial charge in [0.25, 0.3) is 5.91 Å². The van der Waals surface area contributed by atoms with Crippen LogP contribution >= 0.6 is 0 Å². The SMILES string of the molecule is C[C@H]1OC[C@@H](N(C)C(=O)c2ccc3nc(N)c4cncn4c3c2)c2ccc(C3CC3)cc21. The van der Waals surface area contributed by atoms with E-state index in [4.69, 9.17) is 10.5 Å². The molecule has 1 amide bonds. The number of carbonyl (C=O) groups excluding carboxylic acids is 1. The van der Waals surface area contributed by atoms with Gasteiger partial charge >= 0.3 is 0 Å². The van der Waals surface area contributed by atoms with E-state index in [9.17, 15) is 4.79 Å². The molecule has 1 aliphatic carbocycles. The number of nitrogens with two attached hydrogens (primary N) is 1. The van der Waals surface area contributed by atoms with Gasteiger partial charge in [-0.25, -0.2) is 9.97 Å². The second-order valence-electron chi connectivity index (χ2n) is 8.92. The molecule has 6 rings (SSSR count). The number of imidazole rings is 1. The van der Waals surface area contributed by atoms with Crippen LogP contribution in [0.15, 0.2) is 48.9 Å². The summed E-state index contributed by atoms with van der Waals surface area (Å²) in [6, 6.07) is 12.1. The molecule has 1 saturated carbocycles. The highest BCUT2D eigenvalue weighted by atomic mass is 16.5. The lowest BCUT2D eigenvalue weighted by atomic mass is 9.91. The number of benzene rings is 2. The van der Waals surface area contributed by atoms with Crippen molar-refractivity contribution in [2.24, 2.45) is 0 Å². The number of nitrogens with zero attached hydrogens (tertiary/aromatic N) is 4. The highest BCUT2D eigenvalue weighted by Crippen LogP contribution is 2.43. The zero-order valence-corrected chi connectivity index (χ0v) is 18.2. The Balaban J connectivity index is 1.36. The summed E-state index contributed by atoms with van der Waals surface area (Å²) in [7, 11) is 1.85. The van der Waals surface area contributed by atoms with Crippen molar-refractivity contribution in [1.29, 1.82) is 0 Å². The second-order valence-corrected chi connectivity index (χ2v) is 8.92. The number of fused-ring (bicyclic) bond motifs is 4. The average molecular weight is 428 g/mol. The van der Waals surface area contributed by atoms with E-state index < -0.39 is 0 Å². The molecular weight excluding hydrogens is 402 g/mol. The lowest BCUT2D eigenvalue weighted by molar-refractivity contribution is 0.00489. The Morgan fingerprint density at radius 2 is 2.00 bits per heavy atom. The van der Waals surface area contributed by atoms with Crippen molar-refractivity contribution in [2.45, 2.75) is 37.8 Å². The van der Waals surface area contributed by atoms with Crippen molar-refractivity contribution in [2.75, 3.05) is 19.4 Å². The Morgan fingerprint density at radius 1 is 1.16 bits per heavy atom. The Morgan fingerprint density at radius 3 is 2.81 bits per heavy atom. The molecule has 0 saturated heterocycles. The first-order valence-electron chi connectivity index (χ1n) is 11.0. The number of nitrogen functional groups attached to an aromatic ring is 1. The van der Waals surface area contributed by atoms with Crippen LogP contribution in [0.25, 0.3) is 16.6 Å². The summed E-state index contributed by atoms with van der Waals surface area (Å²) in [6.07, 6.45) is 5.94. The quantitative estimate of drug-likeness (QED) is 0.528. The molecule has 3 heterocycles. The van der Waals surface area contributed by atoms with Gasteiger partial charge in [0.15, 0.2) is 0 Å². The lowest BCUT2D eigenvalue weighted by Gasteiger charge is -2.36. The topological polar surface area (TPSA) is 85.8 Å². The van der Waals surface area contributed by atoms with Crippen LogP contribution in [0, 0.1) is 0 Å². The Hall–Kier alpha value is -3.45. The number of hydrogen-bond acceptors (Lipinski definition) is 5. The van der Waals surface area contributed by atoms with Gasteiger partial charge in [-0.3, -0.25) is 9.20 Å². The number of amides is 1. The molecule has 0 radical (unpaired) electrons. The molecular formula is C25H25N5O2. The predicted molar refractivity (Wildman–Crippen MR) is 123 cm³/mol. The summed E-state index contributed by atoms with van der Waals surface area (Å²) in [4.78, 5) is 23.9. The van der Waals surface area contributed by atoms with Gasteiger partial charge in [0.1, 0.15) is 11.3 Å². The Bertz CT molecular complexity index is 1370. The number of rotatable bonds is 3. The third-order valence-corrected chi connectivity index (χ3v) is 6.87. The lowest BCUT2D eigenvalue weighted by Crippen LogP contribution is -2.37. The van der Waals surface area contributed by atoms with Crippen molar-refractivity contribution in [3.05, 3.63) is 71.2 Å². The largest absolute Gasteiger partial charge is 0.382 e. The summed E-state index contributed by atoms with van der Waals surface area (Å²) in [5, 5.41) is 0. The second kappa shape index (κ2) is 7.03. The van der Waals surface area contributed by atoms with Crippen LogP contribution < -0.4 is 5.73 Å². The summed E-state index contributed by atoms with van der Waals surface area (Å²) < 4.78 is 7.95. The van der Waals surface area contributed by atoms with E-state index in [1.807, 2.05) is 23.6 Å². The number of hydrogen-bond donors (Lipinski definition) is 1. The molecule has 4 aromatic rings. The highest BCUT2D eigenvalue weighted by molar-refractivity contribution is 5.98. The minimum atomic E-state index is -0.129. The Labute approximate surface area is 185 Å². The molecule has 7 heteroatoms. The molecule has 2 aromatic heterocycles. The van der Waals surface area contributed by atoms with E-state index in [0.717, 1.165) is 16.6 Å². The first kappa shape index (κ1) is 19.3. The number of aromatic nitrogens is 3. The van der Waals surface area contributed by atoms with E-state index in [1.54, 1.807) is 23.5 Å². The molecule has 0 bridgehead atoms. The summed E-state index contributed by atoms with van der Waals surface area (Å²) >= 11 is 0. The van der Waals surface area contributed by atoms with E-state index in [-0.39, 0.29) is 18.1 Å². The highest BCUT2D eigenvalue weighted by Gasteiger charge is 2.33. The van der Waals surface area contributed by atoms with Crippen molar-refractivity contribution in [3.63, 3.8) is 0 Å². The van der Waals surface area contributed by atoms with Crippen LogP contribution in [-0.4, -0.2) is 38.8 Å². The van der Waals surface area contributed by atoms with Crippen LogP contribution in [0.5, 0.6) is 0 Å². The minimum absolute atomic E-state index is 0.0372.